The summed E-state index contributed by atoms with van der Waals surface area (Å²) in [4.78, 5) is 27.5. The molecule has 2 N–H and O–H groups in total. The van der Waals surface area contributed by atoms with Crippen LogP contribution in [0.25, 0.3) is 0 Å². The number of carbonyl (C=O) groups excluding carboxylic acids is 2. The van der Waals surface area contributed by atoms with Gasteiger partial charge in [0.25, 0.3) is 0 Å². The molecule has 2 rings (SSSR count). The van der Waals surface area contributed by atoms with Crippen molar-refractivity contribution in [3.05, 3.63) is 0 Å². The largest absolute Gasteiger partial charge is 0.391 e. The highest BCUT2D eigenvalue weighted by molar-refractivity contribution is 5.78. The minimum Gasteiger partial charge on any atom is -0.391 e. The van der Waals surface area contributed by atoms with Gasteiger partial charge in [0.2, 0.25) is 11.8 Å². The Bertz CT molecular complexity index is 369. The van der Waals surface area contributed by atoms with Gasteiger partial charge in [-0.3, -0.25) is 14.5 Å². The van der Waals surface area contributed by atoms with Crippen LogP contribution in [0.1, 0.15) is 39.0 Å². The van der Waals surface area contributed by atoms with E-state index >= 15 is 0 Å². The van der Waals surface area contributed by atoms with Crippen LogP contribution in [0.4, 0.5) is 0 Å². The number of aliphatic hydroxyl groups is 1. The smallest absolute Gasteiger partial charge is 0.236 e. The molecule has 0 radical (unpaired) electrons. The Morgan fingerprint density at radius 2 is 1.76 bits per heavy atom. The predicted molar refractivity (Wildman–Crippen MR) is 79.7 cm³/mol. The maximum atomic E-state index is 12.3. The van der Waals surface area contributed by atoms with Crippen LogP contribution in [-0.2, 0) is 9.59 Å². The van der Waals surface area contributed by atoms with Crippen LogP contribution in [0, 0.1) is 0 Å². The number of nitrogens with zero attached hydrogens (tertiary/aromatic N) is 2. The number of nitrogens with one attached hydrogen (secondary N) is 1. The number of likely N-dealkylation sites (tertiary alicyclic amines) is 2. The molecule has 0 aromatic rings. The summed E-state index contributed by atoms with van der Waals surface area (Å²) in [6.07, 6.45) is 4.19. The summed E-state index contributed by atoms with van der Waals surface area (Å²) in [7, 11) is 0. The summed E-state index contributed by atoms with van der Waals surface area (Å²) in [5.74, 6) is 0.0825. The third-order valence-electron chi connectivity index (χ3n) is 4.42. The maximum absolute atomic E-state index is 12.3. The minimum absolute atomic E-state index is 0.114. The van der Waals surface area contributed by atoms with E-state index in [4.69, 9.17) is 0 Å². The van der Waals surface area contributed by atoms with Crippen molar-refractivity contribution in [3.8, 4) is 0 Å². The fourth-order valence-electron chi connectivity index (χ4n) is 3.16. The first-order valence-electron chi connectivity index (χ1n) is 8.01. The van der Waals surface area contributed by atoms with E-state index in [1.807, 2.05) is 4.90 Å². The minimum atomic E-state index is -0.524. The SMILES string of the molecule is CC(=O)N[C@H]1CCN(CC(=O)N2CCCCC2)CC[C@@H]1O. The Morgan fingerprint density at radius 3 is 2.43 bits per heavy atom. The molecule has 21 heavy (non-hydrogen) atoms. The van der Waals surface area contributed by atoms with Gasteiger partial charge >= 0.3 is 0 Å². The lowest BCUT2D eigenvalue weighted by Gasteiger charge is -2.29. The van der Waals surface area contributed by atoms with Gasteiger partial charge in [0.1, 0.15) is 0 Å². The number of carbonyl (C=O) groups is 2. The van der Waals surface area contributed by atoms with Crippen LogP contribution >= 0.6 is 0 Å². The molecule has 120 valence electrons. The first-order chi connectivity index (χ1) is 10.1. The second-order valence-electron chi connectivity index (χ2n) is 6.17. The lowest BCUT2D eigenvalue weighted by atomic mass is 10.1. The third-order valence-corrected chi connectivity index (χ3v) is 4.42. The topological polar surface area (TPSA) is 72.9 Å². The van der Waals surface area contributed by atoms with Crippen LogP contribution in [0.3, 0.4) is 0 Å². The number of rotatable bonds is 3. The van der Waals surface area contributed by atoms with Gasteiger partial charge < -0.3 is 15.3 Å². The molecule has 0 aromatic heterocycles. The molecule has 2 aliphatic rings. The highest BCUT2D eigenvalue weighted by atomic mass is 16.3. The van der Waals surface area contributed by atoms with E-state index in [0.29, 0.717) is 25.9 Å². The Labute approximate surface area is 126 Å². The van der Waals surface area contributed by atoms with Crippen LogP contribution < -0.4 is 5.32 Å². The van der Waals surface area contributed by atoms with Gasteiger partial charge in [-0.1, -0.05) is 0 Å². The van der Waals surface area contributed by atoms with E-state index in [1.165, 1.54) is 13.3 Å². The summed E-state index contributed by atoms with van der Waals surface area (Å²) in [6.45, 7) is 5.10. The molecule has 2 saturated heterocycles. The molecule has 0 aliphatic carbocycles. The predicted octanol–water partition coefficient (Wildman–Crippen LogP) is -0.0397. The van der Waals surface area contributed by atoms with Crippen molar-refractivity contribution in [2.75, 3.05) is 32.7 Å². The molecule has 0 saturated carbocycles. The summed E-state index contributed by atoms with van der Waals surface area (Å²) in [5, 5.41) is 12.9. The van der Waals surface area contributed by atoms with Gasteiger partial charge in [0.05, 0.1) is 18.7 Å². The van der Waals surface area contributed by atoms with E-state index in [1.54, 1.807) is 0 Å². The van der Waals surface area contributed by atoms with Crippen molar-refractivity contribution in [2.24, 2.45) is 0 Å². The van der Waals surface area contributed by atoms with E-state index in [2.05, 4.69) is 10.2 Å². The zero-order chi connectivity index (χ0) is 15.2. The Kier molecular flexibility index (Phi) is 5.99. The Hall–Kier alpha value is -1.14. The number of hydrogen-bond acceptors (Lipinski definition) is 4. The highest BCUT2D eigenvalue weighted by Crippen LogP contribution is 2.14. The molecule has 2 amide bonds. The van der Waals surface area contributed by atoms with Crippen molar-refractivity contribution in [1.82, 2.24) is 15.1 Å². The summed E-state index contributed by atoms with van der Waals surface area (Å²) in [5.41, 5.74) is 0. The fraction of sp³-hybridized carbons (Fsp3) is 0.867. The summed E-state index contributed by atoms with van der Waals surface area (Å²) in [6, 6.07) is -0.197. The lowest BCUT2D eigenvalue weighted by Crippen LogP contribution is -2.43. The normalized spacial score (nSPS) is 28.0. The number of piperidine rings is 1. The molecular weight excluding hydrogens is 270 g/mol. The quantitative estimate of drug-likeness (QED) is 0.767. The molecule has 0 bridgehead atoms. The molecule has 6 nitrogen and oxygen atoms in total. The molecule has 0 aromatic carbocycles. The fourth-order valence-corrected chi connectivity index (χ4v) is 3.16. The molecule has 2 aliphatic heterocycles. The third kappa shape index (κ3) is 4.97. The van der Waals surface area contributed by atoms with Crippen molar-refractivity contribution in [1.29, 1.82) is 0 Å². The Morgan fingerprint density at radius 1 is 1.10 bits per heavy atom. The Balaban J connectivity index is 1.81. The molecule has 6 heteroatoms. The molecule has 2 atom stereocenters. The molecule has 0 unspecified atom stereocenters. The van der Waals surface area contributed by atoms with E-state index in [9.17, 15) is 14.7 Å². The molecular formula is C15H27N3O3. The number of aliphatic hydroxyl groups excluding tert-OH is 1. The molecule has 2 fully saturated rings. The van der Waals surface area contributed by atoms with Crippen LogP contribution in [-0.4, -0.2) is 71.6 Å². The van der Waals surface area contributed by atoms with Crippen molar-refractivity contribution in [2.45, 2.75) is 51.2 Å². The zero-order valence-electron chi connectivity index (χ0n) is 12.9. The number of amides is 2. The lowest BCUT2D eigenvalue weighted by molar-refractivity contribution is -0.133. The van der Waals surface area contributed by atoms with E-state index < -0.39 is 6.10 Å². The standard InChI is InChI=1S/C15H27N3O3/c1-12(19)16-13-5-9-17(10-6-14(13)20)11-15(21)18-7-3-2-4-8-18/h13-14,20H,2-11H2,1H3,(H,16,19)/t13-,14-/m0/s1. The van der Waals surface area contributed by atoms with Crippen LogP contribution in [0.2, 0.25) is 0 Å². The second kappa shape index (κ2) is 7.75. The maximum Gasteiger partial charge on any atom is 0.236 e. The average Bonchev–Trinajstić information content (AvgIpc) is 2.63. The van der Waals surface area contributed by atoms with E-state index in [-0.39, 0.29) is 17.9 Å². The van der Waals surface area contributed by atoms with E-state index in [0.717, 1.165) is 32.5 Å². The second-order valence-corrected chi connectivity index (χ2v) is 6.17. The van der Waals surface area contributed by atoms with Gasteiger partial charge in [-0.25, -0.2) is 0 Å². The monoisotopic (exact) mass is 297 g/mol. The van der Waals surface area contributed by atoms with Crippen LogP contribution in [0.5, 0.6) is 0 Å². The van der Waals surface area contributed by atoms with Crippen LogP contribution in [0.15, 0.2) is 0 Å². The van der Waals surface area contributed by atoms with Gasteiger partial charge in [-0.2, -0.15) is 0 Å². The molecule has 0 spiro atoms. The first kappa shape index (κ1) is 16.2. The molecule has 2 heterocycles. The van der Waals surface area contributed by atoms with Gasteiger partial charge in [-0.05, 0) is 32.1 Å². The average molecular weight is 297 g/mol. The highest BCUT2D eigenvalue weighted by Gasteiger charge is 2.27. The summed E-state index contributed by atoms with van der Waals surface area (Å²) < 4.78 is 0. The number of hydrogen-bond donors (Lipinski definition) is 2. The first-order valence-corrected chi connectivity index (χ1v) is 8.01. The van der Waals surface area contributed by atoms with Crippen molar-refractivity contribution >= 4 is 11.8 Å². The van der Waals surface area contributed by atoms with Crippen molar-refractivity contribution in [3.63, 3.8) is 0 Å². The van der Waals surface area contributed by atoms with Gasteiger partial charge in [0, 0.05) is 33.1 Å². The van der Waals surface area contributed by atoms with Gasteiger partial charge in [-0.15, -0.1) is 0 Å². The zero-order valence-corrected chi connectivity index (χ0v) is 12.9. The van der Waals surface area contributed by atoms with Gasteiger partial charge in [0.15, 0.2) is 0 Å². The van der Waals surface area contributed by atoms with Crippen molar-refractivity contribution < 1.29 is 14.7 Å². The summed E-state index contributed by atoms with van der Waals surface area (Å²) >= 11 is 0.